The fourth-order valence-electron chi connectivity index (χ4n) is 4.03. The summed E-state index contributed by atoms with van der Waals surface area (Å²) in [5, 5.41) is 11.0. The zero-order valence-electron chi connectivity index (χ0n) is 21.7. The molecular formula is C28H29N3O6S. The quantitative estimate of drug-likeness (QED) is 0.231. The van der Waals surface area contributed by atoms with Crippen molar-refractivity contribution in [1.29, 1.82) is 0 Å². The molecule has 1 aliphatic heterocycles. The molecule has 1 aromatic heterocycles. The van der Waals surface area contributed by atoms with Crippen molar-refractivity contribution in [2.75, 3.05) is 13.2 Å². The number of nitro groups is 1. The van der Waals surface area contributed by atoms with Gasteiger partial charge in [0, 0.05) is 12.1 Å². The number of aromatic nitrogens is 1. The van der Waals surface area contributed by atoms with Gasteiger partial charge in [0.1, 0.15) is 5.75 Å². The number of ether oxygens (including phenoxy) is 2. The third-order valence-electron chi connectivity index (χ3n) is 5.86. The Hall–Kier alpha value is -4.05. The van der Waals surface area contributed by atoms with Crippen LogP contribution < -0.4 is 19.6 Å². The van der Waals surface area contributed by atoms with Gasteiger partial charge in [-0.05, 0) is 60.7 Å². The van der Waals surface area contributed by atoms with Crippen LogP contribution in [0.25, 0.3) is 6.08 Å². The van der Waals surface area contributed by atoms with Gasteiger partial charge in [0.05, 0.1) is 40.0 Å². The van der Waals surface area contributed by atoms with E-state index < -0.39 is 16.9 Å². The van der Waals surface area contributed by atoms with E-state index in [-0.39, 0.29) is 23.8 Å². The van der Waals surface area contributed by atoms with E-state index in [0.29, 0.717) is 38.5 Å². The van der Waals surface area contributed by atoms with Gasteiger partial charge in [-0.1, -0.05) is 44.2 Å². The van der Waals surface area contributed by atoms with Crippen LogP contribution in [0, 0.1) is 16.0 Å². The van der Waals surface area contributed by atoms with Gasteiger partial charge in [-0.3, -0.25) is 19.5 Å². The first-order valence-electron chi connectivity index (χ1n) is 12.4. The number of non-ortho nitro benzene ring substituents is 1. The van der Waals surface area contributed by atoms with Crippen LogP contribution in [0.15, 0.2) is 69.6 Å². The highest BCUT2D eigenvalue weighted by molar-refractivity contribution is 7.07. The SMILES string of the molecule is CCCOc1ccc(C2C(C(=O)OCC(C)C)=C(C)N=c3s/c(=C\c4ccc([N+](=O)[O-])cc4)c(=O)n32)cc1. The maximum Gasteiger partial charge on any atom is 0.338 e. The van der Waals surface area contributed by atoms with E-state index in [2.05, 4.69) is 4.99 Å². The van der Waals surface area contributed by atoms with Crippen molar-refractivity contribution in [1.82, 2.24) is 4.57 Å². The van der Waals surface area contributed by atoms with Gasteiger partial charge in [-0.15, -0.1) is 0 Å². The number of fused-ring (bicyclic) bond motifs is 1. The average molecular weight is 536 g/mol. The van der Waals surface area contributed by atoms with E-state index in [1.807, 2.05) is 45.0 Å². The van der Waals surface area contributed by atoms with Gasteiger partial charge in [-0.2, -0.15) is 0 Å². The Bertz CT molecular complexity index is 1550. The number of hydrogen-bond acceptors (Lipinski definition) is 8. The number of nitrogens with zero attached hydrogens (tertiary/aromatic N) is 3. The highest BCUT2D eigenvalue weighted by atomic mass is 32.1. The molecule has 0 saturated heterocycles. The summed E-state index contributed by atoms with van der Waals surface area (Å²) in [4.78, 5) is 42.5. The fourth-order valence-corrected chi connectivity index (χ4v) is 5.07. The molecule has 0 radical (unpaired) electrons. The van der Waals surface area contributed by atoms with E-state index >= 15 is 0 Å². The number of hydrogen-bond donors (Lipinski definition) is 0. The Balaban J connectivity index is 1.83. The van der Waals surface area contributed by atoms with Crippen LogP contribution in [0.3, 0.4) is 0 Å². The summed E-state index contributed by atoms with van der Waals surface area (Å²) in [5.41, 5.74) is 1.81. The Kier molecular flexibility index (Phi) is 8.21. The Morgan fingerprint density at radius 2 is 1.87 bits per heavy atom. The molecule has 3 aromatic rings. The second-order valence-corrected chi connectivity index (χ2v) is 10.3. The van der Waals surface area contributed by atoms with Crippen LogP contribution >= 0.6 is 11.3 Å². The highest BCUT2D eigenvalue weighted by Gasteiger charge is 2.33. The lowest BCUT2D eigenvalue weighted by Gasteiger charge is -2.25. The minimum Gasteiger partial charge on any atom is -0.494 e. The largest absolute Gasteiger partial charge is 0.494 e. The number of rotatable bonds is 9. The van der Waals surface area contributed by atoms with Gasteiger partial charge in [0.15, 0.2) is 4.80 Å². The minimum absolute atomic E-state index is 0.0323. The van der Waals surface area contributed by atoms with Crippen molar-refractivity contribution in [3.05, 3.63) is 101 Å². The first-order chi connectivity index (χ1) is 18.2. The number of carbonyl (C=O) groups is 1. The molecule has 0 N–H and O–H groups in total. The first-order valence-corrected chi connectivity index (χ1v) is 13.2. The lowest BCUT2D eigenvalue weighted by atomic mass is 9.96. The molecule has 9 nitrogen and oxygen atoms in total. The van der Waals surface area contributed by atoms with E-state index in [1.165, 1.54) is 28.0 Å². The molecule has 0 fully saturated rings. The summed E-state index contributed by atoms with van der Waals surface area (Å²) in [6.07, 6.45) is 2.55. The second-order valence-electron chi connectivity index (χ2n) is 9.34. The Morgan fingerprint density at radius 1 is 1.18 bits per heavy atom. The van der Waals surface area contributed by atoms with E-state index in [0.717, 1.165) is 12.0 Å². The topological polar surface area (TPSA) is 113 Å². The second kappa shape index (κ2) is 11.6. The van der Waals surface area contributed by atoms with E-state index in [4.69, 9.17) is 9.47 Å². The lowest BCUT2D eigenvalue weighted by Crippen LogP contribution is -2.40. The predicted octanol–water partition coefficient (Wildman–Crippen LogP) is 4.13. The molecule has 198 valence electrons. The standard InChI is InChI=1S/C28H29N3O6S/c1-5-14-36-22-12-8-20(9-13-22)25-24(27(33)37-16-17(2)3)18(4)29-28-30(25)26(32)23(38-28)15-19-6-10-21(11-7-19)31(34)35/h6-13,15,17,25H,5,14,16H2,1-4H3/b23-15-. The Labute approximate surface area is 223 Å². The number of allylic oxidation sites excluding steroid dienone is 1. The van der Waals surface area contributed by atoms with Gasteiger partial charge in [0.2, 0.25) is 0 Å². The predicted molar refractivity (Wildman–Crippen MR) is 145 cm³/mol. The molecule has 0 saturated carbocycles. The van der Waals surface area contributed by atoms with Gasteiger partial charge in [-0.25, -0.2) is 9.79 Å². The number of nitro benzene ring substituents is 1. The molecule has 0 bridgehead atoms. The molecule has 38 heavy (non-hydrogen) atoms. The first kappa shape index (κ1) is 27.0. The average Bonchev–Trinajstić information content (AvgIpc) is 3.20. The number of benzene rings is 2. The third kappa shape index (κ3) is 5.75. The molecule has 4 rings (SSSR count). The summed E-state index contributed by atoms with van der Waals surface area (Å²) >= 11 is 1.20. The van der Waals surface area contributed by atoms with Crippen molar-refractivity contribution in [2.45, 2.75) is 40.2 Å². The van der Waals surface area contributed by atoms with Crippen LogP contribution in [0.2, 0.25) is 0 Å². The van der Waals surface area contributed by atoms with Crippen LogP contribution in [0.5, 0.6) is 5.75 Å². The Morgan fingerprint density at radius 3 is 2.47 bits per heavy atom. The van der Waals surface area contributed by atoms with Crippen molar-refractivity contribution in [3.8, 4) is 5.75 Å². The summed E-state index contributed by atoms with van der Waals surface area (Å²) < 4.78 is 13.2. The molecule has 0 spiro atoms. The van der Waals surface area contributed by atoms with Crippen LogP contribution in [-0.2, 0) is 9.53 Å². The molecule has 1 unspecified atom stereocenters. The molecule has 0 aliphatic carbocycles. The molecule has 2 aromatic carbocycles. The monoisotopic (exact) mass is 535 g/mol. The number of carbonyl (C=O) groups excluding carboxylic acids is 1. The summed E-state index contributed by atoms with van der Waals surface area (Å²) in [6, 6.07) is 12.6. The van der Waals surface area contributed by atoms with Crippen LogP contribution in [-0.4, -0.2) is 28.7 Å². The molecule has 1 atom stereocenters. The molecule has 1 aliphatic rings. The van der Waals surface area contributed by atoms with Gasteiger partial charge >= 0.3 is 5.97 Å². The third-order valence-corrected chi connectivity index (χ3v) is 6.84. The lowest BCUT2D eigenvalue weighted by molar-refractivity contribution is -0.384. The zero-order chi connectivity index (χ0) is 27.4. The zero-order valence-corrected chi connectivity index (χ0v) is 22.5. The summed E-state index contributed by atoms with van der Waals surface area (Å²) in [5.74, 6) is 0.336. The summed E-state index contributed by atoms with van der Waals surface area (Å²) in [7, 11) is 0. The number of esters is 1. The minimum atomic E-state index is -0.731. The molecule has 10 heteroatoms. The summed E-state index contributed by atoms with van der Waals surface area (Å²) in [6.45, 7) is 8.51. The van der Waals surface area contributed by atoms with E-state index in [1.54, 1.807) is 25.1 Å². The van der Waals surface area contributed by atoms with Crippen molar-refractivity contribution in [3.63, 3.8) is 0 Å². The molecule has 2 heterocycles. The van der Waals surface area contributed by atoms with Crippen molar-refractivity contribution >= 4 is 29.1 Å². The smallest absolute Gasteiger partial charge is 0.338 e. The fraction of sp³-hybridized carbons (Fsp3) is 0.321. The molecular weight excluding hydrogens is 506 g/mol. The molecule has 0 amide bonds. The number of thiazole rings is 1. The van der Waals surface area contributed by atoms with Crippen LogP contribution in [0.1, 0.15) is 51.3 Å². The normalized spacial score (nSPS) is 15.3. The maximum absolute atomic E-state index is 13.7. The van der Waals surface area contributed by atoms with E-state index in [9.17, 15) is 19.7 Å². The maximum atomic E-state index is 13.7. The van der Waals surface area contributed by atoms with Gasteiger partial charge < -0.3 is 9.47 Å². The van der Waals surface area contributed by atoms with Gasteiger partial charge in [0.25, 0.3) is 11.2 Å². The van der Waals surface area contributed by atoms with Crippen LogP contribution in [0.4, 0.5) is 5.69 Å². The highest BCUT2D eigenvalue weighted by Crippen LogP contribution is 2.31. The van der Waals surface area contributed by atoms with Crippen molar-refractivity contribution < 1.29 is 19.2 Å². The van der Waals surface area contributed by atoms with Crippen molar-refractivity contribution in [2.24, 2.45) is 10.9 Å².